The molecule has 0 rings (SSSR count). The van der Waals surface area contributed by atoms with E-state index < -0.39 is 97.5 Å². The maximum Gasteiger partial charge on any atom is 0.472 e. The summed E-state index contributed by atoms with van der Waals surface area (Å²) in [6, 6.07) is 0. The van der Waals surface area contributed by atoms with Crippen molar-refractivity contribution in [2.24, 2.45) is 5.92 Å². The number of phosphoric acid groups is 2. The largest absolute Gasteiger partial charge is 0.472 e. The third kappa shape index (κ3) is 62.8. The second-order valence-corrected chi connectivity index (χ2v) is 28.3. The molecule has 0 aliphatic carbocycles. The van der Waals surface area contributed by atoms with Gasteiger partial charge in [0.2, 0.25) is 0 Å². The second-order valence-electron chi connectivity index (χ2n) is 25.4. The fraction of sp³-hybridized carbons (Fsp3) is 0.942. The number of carbonyl (C=O) groups excluding carboxylic acids is 4. The van der Waals surface area contributed by atoms with Crippen molar-refractivity contribution in [2.45, 2.75) is 374 Å². The number of hydrogen-bond acceptors (Lipinski definition) is 15. The Morgan fingerprint density at radius 2 is 0.523 bits per heavy atom. The number of aliphatic hydroxyl groups is 1. The highest BCUT2D eigenvalue weighted by atomic mass is 31.2. The van der Waals surface area contributed by atoms with E-state index in [4.69, 9.17) is 37.0 Å². The van der Waals surface area contributed by atoms with Crippen LogP contribution in [0.2, 0.25) is 0 Å². The molecule has 0 aliphatic rings. The van der Waals surface area contributed by atoms with E-state index in [9.17, 15) is 43.2 Å². The van der Waals surface area contributed by atoms with Crippen LogP contribution >= 0.6 is 15.6 Å². The van der Waals surface area contributed by atoms with Gasteiger partial charge in [-0.2, -0.15) is 0 Å². The molecule has 0 aromatic rings. The predicted octanol–water partition coefficient (Wildman–Crippen LogP) is 19.7. The fourth-order valence-corrected chi connectivity index (χ4v) is 12.0. The molecule has 2 unspecified atom stereocenters. The molecule has 19 heteroatoms. The number of hydrogen-bond donors (Lipinski definition) is 3. The molecule has 522 valence electrons. The maximum absolute atomic E-state index is 13.0. The zero-order valence-corrected chi connectivity index (χ0v) is 58.6. The lowest BCUT2D eigenvalue weighted by Gasteiger charge is -2.21. The summed E-state index contributed by atoms with van der Waals surface area (Å²) in [7, 11) is -9.89. The first-order valence-corrected chi connectivity index (χ1v) is 39.1. The van der Waals surface area contributed by atoms with Crippen molar-refractivity contribution < 1.29 is 80.2 Å². The molecule has 0 aromatic heterocycles. The zero-order chi connectivity index (χ0) is 64.9. The standard InChI is InChI=1S/C69H134O17P2/c1-6-9-12-15-18-20-22-23-24-25-26-27-28-29-35-40-45-50-55-69(74)86-65(59-80-67(72)53-48-43-38-34-31-30-32-37-41-46-51-62(4)5)61-84-88(77,78)82-57-63(70)56-81-87(75,76)83-60-64(58-79-66(71)52-47-42-36-17-14-11-8-3)85-68(73)54-49-44-39-33-21-19-16-13-10-7-2/h62-65,70H,6-61H2,1-5H3,(H,75,76)(H,77,78)/t63-,64+,65+/m0/s1. The summed E-state index contributed by atoms with van der Waals surface area (Å²) in [5.41, 5.74) is 0. The highest BCUT2D eigenvalue weighted by molar-refractivity contribution is 7.47. The first-order chi connectivity index (χ1) is 42.5. The van der Waals surface area contributed by atoms with E-state index in [1.165, 1.54) is 167 Å². The van der Waals surface area contributed by atoms with E-state index in [-0.39, 0.29) is 25.7 Å². The van der Waals surface area contributed by atoms with Gasteiger partial charge in [-0.3, -0.25) is 37.3 Å². The zero-order valence-electron chi connectivity index (χ0n) is 56.9. The lowest BCUT2D eigenvalue weighted by molar-refractivity contribution is -0.161. The third-order valence-electron chi connectivity index (χ3n) is 16.0. The quantitative estimate of drug-likeness (QED) is 0.0222. The Morgan fingerprint density at radius 1 is 0.307 bits per heavy atom. The van der Waals surface area contributed by atoms with Crippen LogP contribution in [0.5, 0.6) is 0 Å². The van der Waals surface area contributed by atoms with Crippen LogP contribution in [-0.4, -0.2) is 96.7 Å². The molecule has 0 fully saturated rings. The van der Waals surface area contributed by atoms with Crippen LogP contribution in [0.25, 0.3) is 0 Å². The van der Waals surface area contributed by atoms with Crippen molar-refractivity contribution in [1.29, 1.82) is 0 Å². The molecule has 17 nitrogen and oxygen atoms in total. The van der Waals surface area contributed by atoms with Gasteiger partial charge in [-0.15, -0.1) is 0 Å². The normalized spacial score (nSPS) is 14.1. The van der Waals surface area contributed by atoms with Gasteiger partial charge in [0, 0.05) is 25.7 Å². The Labute approximate surface area is 537 Å². The number of esters is 4. The summed E-state index contributed by atoms with van der Waals surface area (Å²) >= 11 is 0. The molecule has 88 heavy (non-hydrogen) atoms. The van der Waals surface area contributed by atoms with E-state index in [2.05, 4.69) is 34.6 Å². The van der Waals surface area contributed by atoms with Crippen molar-refractivity contribution in [1.82, 2.24) is 0 Å². The summed E-state index contributed by atoms with van der Waals surface area (Å²) in [6.07, 6.45) is 48.7. The first kappa shape index (κ1) is 86.1. The second kappa shape index (κ2) is 62.5. The molecule has 0 amide bonds. The van der Waals surface area contributed by atoms with Gasteiger partial charge in [-0.05, 0) is 31.6 Å². The van der Waals surface area contributed by atoms with Gasteiger partial charge in [0.1, 0.15) is 19.3 Å². The SMILES string of the molecule is CCCCCCCCCCCCCCCCCCCCC(=O)O[C@H](COC(=O)CCCCCCCCCCCCC(C)C)COP(=O)(O)OC[C@@H](O)COP(=O)(O)OC[C@@H](COC(=O)CCCCCCCCC)OC(=O)CCCCCCCCCCCC. The van der Waals surface area contributed by atoms with Gasteiger partial charge in [-0.25, -0.2) is 9.13 Å². The van der Waals surface area contributed by atoms with Gasteiger partial charge < -0.3 is 33.8 Å². The molecule has 0 saturated heterocycles. The van der Waals surface area contributed by atoms with Crippen molar-refractivity contribution in [3.63, 3.8) is 0 Å². The number of phosphoric ester groups is 2. The highest BCUT2D eigenvalue weighted by Crippen LogP contribution is 2.45. The highest BCUT2D eigenvalue weighted by Gasteiger charge is 2.30. The fourth-order valence-electron chi connectivity index (χ4n) is 10.5. The van der Waals surface area contributed by atoms with E-state index in [1.807, 2.05) is 0 Å². The first-order valence-electron chi connectivity index (χ1n) is 36.1. The van der Waals surface area contributed by atoms with Crippen LogP contribution in [0.1, 0.15) is 356 Å². The van der Waals surface area contributed by atoms with E-state index in [1.54, 1.807) is 0 Å². The van der Waals surface area contributed by atoms with Crippen molar-refractivity contribution in [2.75, 3.05) is 39.6 Å². The summed E-state index contributed by atoms with van der Waals surface area (Å²) in [5.74, 6) is -1.37. The summed E-state index contributed by atoms with van der Waals surface area (Å²) in [4.78, 5) is 72.3. The van der Waals surface area contributed by atoms with Crippen molar-refractivity contribution >= 4 is 39.5 Å². The Balaban J connectivity index is 5.18. The van der Waals surface area contributed by atoms with Gasteiger partial charge in [0.15, 0.2) is 12.2 Å². The molecule has 0 aliphatic heterocycles. The predicted molar refractivity (Wildman–Crippen MR) is 354 cm³/mol. The molecular weight excluding hydrogens is 1160 g/mol. The van der Waals surface area contributed by atoms with E-state index >= 15 is 0 Å². The van der Waals surface area contributed by atoms with Gasteiger partial charge in [0.05, 0.1) is 26.4 Å². The maximum atomic E-state index is 13.0. The average Bonchev–Trinajstić information content (AvgIpc) is 3.55. The van der Waals surface area contributed by atoms with Crippen LogP contribution < -0.4 is 0 Å². The Hall–Kier alpha value is -1.94. The van der Waals surface area contributed by atoms with Crippen LogP contribution in [0, 0.1) is 5.92 Å². The average molecular weight is 1300 g/mol. The number of aliphatic hydroxyl groups excluding tert-OH is 1. The van der Waals surface area contributed by atoms with Gasteiger partial charge in [-0.1, -0.05) is 304 Å². The smallest absolute Gasteiger partial charge is 0.462 e. The van der Waals surface area contributed by atoms with Crippen molar-refractivity contribution in [3.8, 4) is 0 Å². The lowest BCUT2D eigenvalue weighted by Crippen LogP contribution is -2.30. The Kier molecular flexibility index (Phi) is 61.1. The number of carbonyl (C=O) groups is 4. The summed E-state index contributed by atoms with van der Waals surface area (Å²) in [6.45, 7) is 7.18. The number of unbranched alkanes of at least 4 members (excludes halogenated alkanes) is 41. The molecule has 0 bridgehead atoms. The number of ether oxygens (including phenoxy) is 4. The minimum Gasteiger partial charge on any atom is -0.462 e. The molecule has 0 saturated carbocycles. The molecule has 0 radical (unpaired) electrons. The molecule has 3 N–H and O–H groups in total. The van der Waals surface area contributed by atoms with Crippen LogP contribution in [0.15, 0.2) is 0 Å². The molecule has 0 aromatic carbocycles. The Bertz CT molecular complexity index is 1700. The van der Waals surface area contributed by atoms with Gasteiger partial charge in [0.25, 0.3) is 0 Å². The Morgan fingerprint density at radius 3 is 0.773 bits per heavy atom. The van der Waals surface area contributed by atoms with Crippen LogP contribution in [0.4, 0.5) is 0 Å². The topological polar surface area (TPSA) is 237 Å². The van der Waals surface area contributed by atoms with E-state index in [0.29, 0.717) is 25.7 Å². The van der Waals surface area contributed by atoms with Crippen LogP contribution in [0.3, 0.4) is 0 Å². The minimum atomic E-state index is -4.95. The van der Waals surface area contributed by atoms with Gasteiger partial charge >= 0.3 is 39.5 Å². The lowest BCUT2D eigenvalue weighted by atomic mass is 10.0. The molecule has 0 spiro atoms. The van der Waals surface area contributed by atoms with E-state index in [0.717, 1.165) is 109 Å². The number of rotatable bonds is 69. The molecule has 5 atom stereocenters. The third-order valence-corrected chi connectivity index (χ3v) is 17.9. The van der Waals surface area contributed by atoms with Crippen molar-refractivity contribution in [3.05, 3.63) is 0 Å². The molecule has 0 heterocycles. The minimum absolute atomic E-state index is 0.106. The summed E-state index contributed by atoms with van der Waals surface area (Å²) in [5, 5.41) is 10.6. The van der Waals surface area contributed by atoms with Crippen LogP contribution in [-0.2, 0) is 65.4 Å². The summed E-state index contributed by atoms with van der Waals surface area (Å²) < 4.78 is 68.1. The monoisotopic (exact) mass is 1300 g/mol. The molecular formula is C69H134O17P2.